The SMILES string of the molecule is CC1C=Cc2c(oc3c(C4N=C(c5cccc6sc7ccc(-c8ccc(-c9cccc%10ccccc9%10)cc8)cc7c56)N=C(c5ccccc5)N4)cccc23)C1. The predicted molar refractivity (Wildman–Crippen MR) is 231 cm³/mol. The van der Waals surface area contributed by atoms with Crippen molar-refractivity contribution in [3.05, 3.63) is 186 Å². The predicted octanol–water partition coefficient (Wildman–Crippen LogP) is 13.0. The van der Waals surface area contributed by atoms with Gasteiger partial charge in [0.2, 0.25) is 0 Å². The second-order valence-corrected chi connectivity index (χ2v) is 15.7. The number of para-hydroxylation sites is 1. The molecule has 0 bridgehead atoms. The number of hydrogen-bond donors (Lipinski definition) is 1. The van der Waals surface area contributed by atoms with Crippen LogP contribution in [0, 0.1) is 5.92 Å². The first-order valence-corrected chi connectivity index (χ1v) is 19.7. The minimum atomic E-state index is -0.392. The molecular formula is C50H35N3OS. The Labute approximate surface area is 322 Å². The molecule has 0 amide bonds. The molecule has 55 heavy (non-hydrogen) atoms. The quantitative estimate of drug-likeness (QED) is 0.192. The third-order valence-corrected chi connectivity index (χ3v) is 12.2. The van der Waals surface area contributed by atoms with Gasteiger partial charge in [0.05, 0.1) is 0 Å². The van der Waals surface area contributed by atoms with Crippen LogP contribution in [-0.4, -0.2) is 11.7 Å². The first-order valence-electron chi connectivity index (χ1n) is 18.9. The zero-order chi connectivity index (χ0) is 36.5. The number of rotatable bonds is 5. The average molecular weight is 726 g/mol. The lowest BCUT2D eigenvalue weighted by Crippen LogP contribution is -2.33. The van der Waals surface area contributed by atoms with E-state index in [1.54, 1.807) is 0 Å². The lowest BCUT2D eigenvalue weighted by atomic mass is 9.95. The molecule has 1 N–H and O–H groups in total. The molecule has 0 spiro atoms. The fraction of sp³-hybridized carbons (Fsp3) is 0.0800. The third kappa shape index (κ3) is 5.42. The van der Waals surface area contributed by atoms with Gasteiger partial charge in [-0.25, -0.2) is 9.98 Å². The number of nitrogens with one attached hydrogen (secondary N) is 1. The highest BCUT2D eigenvalue weighted by molar-refractivity contribution is 7.25. The van der Waals surface area contributed by atoms with Crippen molar-refractivity contribution >= 4 is 71.0 Å². The Morgan fingerprint density at radius 2 is 1.38 bits per heavy atom. The molecule has 0 saturated carbocycles. The first kappa shape index (κ1) is 31.9. The second-order valence-electron chi connectivity index (χ2n) is 14.6. The molecule has 2 aliphatic rings. The van der Waals surface area contributed by atoms with Crippen LogP contribution in [0.2, 0.25) is 0 Å². The molecule has 1 aliphatic carbocycles. The fourth-order valence-corrected chi connectivity index (χ4v) is 9.48. The Morgan fingerprint density at radius 3 is 2.29 bits per heavy atom. The molecule has 7 aromatic carbocycles. The number of amidine groups is 2. The van der Waals surface area contributed by atoms with Gasteiger partial charge < -0.3 is 9.73 Å². The first-order chi connectivity index (χ1) is 27.1. The molecule has 0 fully saturated rings. The maximum Gasteiger partial charge on any atom is 0.160 e. The van der Waals surface area contributed by atoms with E-state index in [1.807, 2.05) is 17.4 Å². The summed E-state index contributed by atoms with van der Waals surface area (Å²) < 4.78 is 9.11. The minimum Gasteiger partial charge on any atom is -0.460 e. The van der Waals surface area contributed by atoms with Crippen LogP contribution in [0.25, 0.3) is 70.2 Å². The summed E-state index contributed by atoms with van der Waals surface area (Å²) in [6, 6.07) is 54.2. The molecule has 4 nitrogen and oxygen atoms in total. The van der Waals surface area contributed by atoms with E-state index in [2.05, 4.69) is 170 Å². The monoisotopic (exact) mass is 725 g/mol. The van der Waals surface area contributed by atoms with Gasteiger partial charge in [0, 0.05) is 54.2 Å². The van der Waals surface area contributed by atoms with Crippen molar-refractivity contribution in [3.63, 3.8) is 0 Å². The zero-order valence-electron chi connectivity index (χ0n) is 30.2. The number of allylic oxidation sites excluding steroid dienone is 1. The van der Waals surface area contributed by atoms with Crippen LogP contribution in [0.4, 0.5) is 0 Å². The highest BCUT2D eigenvalue weighted by Gasteiger charge is 2.27. The Bertz CT molecular complexity index is 3050. The number of aliphatic imine (C=N–C) groups is 2. The lowest BCUT2D eigenvalue weighted by Gasteiger charge is -2.24. The summed E-state index contributed by atoms with van der Waals surface area (Å²) in [4.78, 5) is 10.6. The van der Waals surface area contributed by atoms with Crippen molar-refractivity contribution in [3.8, 4) is 22.3 Å². The largest absolute Gasteiger partial charge is 0.460 e. The molecule has 9 aromatic rings. The van der Waals surface area contributed by atoms with Crippen LogP contribution < -0.4 is 5.32 Å². The van der Waals surface area contributed by atoms with Crippen molar-refractivity contribution in [2.45, 2.75) is 19.5 Å². The van der Waals surface area contributed by atoms with E-state index >= 15 is 0 Å². The molecule has 3 heterocycles. The van der Waals surface area contributed by atoms with Crippen molar-refractivity contribution in [1.29, 1.82) is 0 Å². The Kier molecular flexibility index (Phi) is 7.42. The third-order valence-electron chi connectivity index (χ3n) is 11.1. The molecule has 2 aromatic heterocycles. The van der Waals surface area contributed by atoms with Crippen LogP contribution in [-0.2, 0) is 6.42 Å². The van der Waals surface area contributed by atoms with Gasteiger partial charge in [-0.15, -0.1) is 11.3 Å². The molecule has 2 unspecified atom stereocenters. The number of nitrogens with zero attached hydrogens (tertiary/aromatic N) is 2. The van der Waals surface area contributed by atoms with Crippen LogP contribution in [0.3, 0.4) is 0 Å². The standard InChI is InChI=1S/C50H35N3OS/c1-30-20-26-38-39-16-8-18-41(47(39)54-43(38)28-30)50-52-48(34-11-3-2-4-12-34)51-49(53-50)40-17-9-19-45-46(40)42-29-35(25-27-44(42)55-45)31-21-23-33(24-22-31)37-15-7-13-32-10-5-6-14-36(32)37/h2-27,29-30,50H,28H2,1H3,(H,51,52,53). The average Bonchev–Trinajstić information content (AvgIpc) is 3.81. The molecule has 262 valence electrons. The van der Waals surface area contributed by atoms with Gasteiger partial charge in [-0.2, -0.15) is 0 Å². The van der Waals surface area contributed by atoms with Gasteiger partial charge in [0.25, 0.3) is 0 Å². The van der Waals surface area contributed by atoms with Crippen LogP contribution in [0.15, 0.2) is 172 Å². The normalized spacial score (nSPS) is 16.7. The van der Waals surface area contributed by atoms with Crippen LogP contribution in [0.1, 0.15) is 41.1 Å². The van der Waals surface area contributed by atoms with Gasteiger partial charge in [-0.3, -0.25) is 0 Å². The Morgan fingerprint density at radius 1 is 0.636 bits per heavy atom. The van der Waals surface area contributed by atoms with Crippen molar-refractivity contribution in [2.24, 2.45) is 15.9 Å². The maximum absolute atomic E-state index is 6.65. The highest BCUT2D eigenvalue weighted by atomic mass is 32.1. The molecule has 1 aliphatic heterocycles. The van der Waals surface area contributed by atoms with Crippen LogP contribution in [0.5, 0.6) is 0 Å². The summed E-state index contributed by atoms with van der Waals surface area (Å²) >= 11 is 1.82. The number of hydrogen-bond acceptors (Lipinski definition) is 5. The van der Waals surface area contributed by atoms with E-state index in [-0.39, 0.29) is 0 Å². The van der Waals surface area contributed by atoms with Gasteiger partial charge >= 0.3 is 0 Å². The summed E-state index contributed by atoms with van der Waals surface area (Å²) in [6.07, 6.45) is 5.00. The van der Waals surface area contributed by atoms with Crippen molar-refractivity contribution in [2.75, 3.05) is 0 Å². The van der Waals surface area contributed by atoms with Gasteiger partial charge in [-0.1, -0.05) is 153 Å². The van der Waals surface area contributed by atoms with E-state index in [9.17, 15) is 0 Å². The zero-order valence-corrected chi connectivity index (χ0v) is 31.0. The number of furan rings is 1. The summed E-state index contributed by atoms with van der Waals surface area (Å²) in [5.74, 6) is 2.99. The molecule has 0 saturated heterocycles. The Balaban J connectivity index is 1.04. The fourth-order valence-electron chi connectivity index (χ4n) is 8.36. The van der Waals surface area contributed by atoms with E-state index in [4.69, 9.17) is 14.4 Å². The summed E-state index contributed by atoms with van der Waals surface area (Å²) in [5.41, 5.74) is 9.94. The van der Waals surface area contributed by atoms with Crippen LogP contribution >= 0.6 is 11.3 Å². The maximum atomic E-state index is 6.65. The minimum absolute atomic E-state index is 0.392. The highest BCUT2D eigenvalue weighted by Crippen LogP contribution is 2.41. The van der Waals surface area contributed by atoms with Crippen molar-refractivity contribution < 1.29 is 4.42 Å². The molecule has 2 atom stereocenters. The summed E-state index contributed by atoms with van der Waals surface area (Å²) in [6.45, 7) is 2.23. The van der Waals surface area contributed by atoms with Gasteiger partial charge in [0.15, 0.2) is 12.0 Å². The number of benzene rings is 7. The van der Waals surface area contributed by atoms with E-state index < -0.39 is 6.17 Å². The summed E-state index contributed by atoms with van der Waals surface area (Å²) in [5, 5.41) is 9.73. The van der Waals surface area contributed by atoms with Gasteiger partial charge in [0.1, 0.15) is 17.2 Å². The Hall–Kier alpha value is -6.56. The topological polar surface area (TPSA) is 49.9 Å². The summed E-state index contributed by atoms with van der Waals surface area (Å²) in [7, 11) is 0. The second kappa shape index (κ2) is 12.8. The van der Waals surface area contributed by atoms with E-state index in [0.717, 1.165) is 45.7 Å². The van der Waals surface area contributed by atoms with Crippen molar-refractivity contribution in [1.82, 2.24) is 5.32 Å². The lowest BCUT2D eigenvalue weighted by molar-refractivity contribution is 0.507. The smallest absolute Gasteiger partial charge is 0.160 e. The molecule has 11 rings (SSSR count). The van der Waals surface area contributed by atoms with E-state index in [0.29, 0.717) is 11.8 Å². The number of thiophene rings is 1. The van der Waals surface area contributed by atoms with E-state index in [1.165, 1.54) is 58.8 Å². The molecule has 5 heteroatoms. The van der Waals surface area contributed by atoms with Gasteiger partial charge in [-0.05, 0) is 57.1 Å². The number of fused-ring (bicyclic) bond motifs is 7. The molecular weight excluding hydrogens is 691 g/mol. The molecule has 0 radical (unpaired) electrons.